The number of hydrogen-bond acceptors (Lipinski definition) is 5. The van der Waals surface area contributed by atoms with E-state index in [1.807, 2.05) is 19.9 Å². The predicted molar refractivity (Wildman–Crippen MR) is 111 cm³/mol. The third-order valence-electron chi connectivity index (χ3n) is 4.25. The second-order valence-electron chi connectivity index (χ2n) is 6.59. The fourth-order valence-electron chi connectivity index (χ4n) is 3.08. The molecule has 0 atom stereocenters. The molecular weight excluding hydrogens is 374 g/mol. The van der Waals surface area contributed by atoms with Crippen molar-refractivity contribution in [2.45, 2.75) is 19.6 Å². The third-order valence-corrected chi connectivity index (χ3v) is 5.44. The van der Waals surface area contributed by atoms with Crippen molar-refractivity contribution in [1.82, 2.24) is 4.98 Å². The van der Waals surface area contributed by atoms with Crippen molar-refractivity contribution in [3.63, 3.8) is 0 Å². The fourth-order valence-corrected chi connectivity index (χ4v) is 4.22. The molecule has 2 heterocycles. The number of hydrogen-bond donors (Lipinski definition) is 2. The lowest BCUT2D eigenvalue weighted by Gasteiger charge is -2.30. The first-order valence-electron chi connectivity index (χ1n) is 8.72. The maximum absolute atomic E-state index is 12.0. The topological polar surface area (TPSA) is 96.5 Å². The molecule has 1 amide bonds. The Bertz CT molecular complexity index is 978. The van der Waals surface area contributed by atoms with Crippen LogP contribution in [-0.4, -0.2) is 28.5 Å². The molecular formula is C21H21N3O3S. The first-order valence-corrected chi connectivity index (χ1v) is 9.71. The average molecular weight is 395 g/mol. The minimum absolute atomic E-state index is 0.00286. The van der Waals surface area contributed by atoms with E-state index in [0.29, 0.717) is 17.9 Å². The molecule has 0 saturated heterocycles. The van der Waals surface area contributed by atoms with Gasteiger partial charge in [0.1, 0.15) is 5.69 Å². The fraction of sp³-hybridized carbons (Fsp3) is 0.190. The number of carboxylic acids is 1. The smallest absolute Gasteiger partial charge is 0.354 e. The number of aromatic nitrogens is 1. The van der Waals surface area contributed by atoms with Crippen molar-refractivity contribution in [3.8, 4) is 0 Å². The van der Waals surface area contributed by atoms with Crippen molar-refractivity contribution in [2.24, 2.45) is 5.73 Å². The summed E-state index contributed by atoms with van der Waals surface area (Å²) >= 11 is 1.45. The molecule has 6 nitrogen and oxygen atoms in total. The number of rotatable bonds is 6. The number of benzene rings is 1. The molecule has 144 valence electrons. The number of nitrogens with two attached hydrogens (primary N) is 1. The number of anilines is 1. The quantitative estimate of drug-likeness (QED) is 0.778. The Morgan fingerprint density at radius 3 is 2.57 bits per heavy atom. The van der Waals surface area contributed by atoms with Gasteiger partial charge in [-0.3, -0.25) is 4.79 Å². The van der Waals surface area contributed by atoms with Gasteiger partial charge >= 0.3 is 5.97 Å². The number of aryl methyl sites for hydroxylation is 2. The molecule has 0 radical (unpaired) electrons. The molecule has 0 fully saturated rings. The van der Waals surface area contributed by atoms with Gasteiger partial charge < -0.3 is 15.7 Å². The molecule has 1 aliphatic rings. The molecule has 2 aromatic rings. The minimum Gasteiger partial charge on any atom is -0.477 e. The first-order chi connectivity index (χ1) is 13.3. The second kappa shape index (κ2) is 8.31. The van der Waals surface area contributed by atoms with Gasteiger partial charge in [0.15, 0.2) is 0 Å². The number of thioether (sulfide) groups is 1. The molecule has 1 aromatic carbocycles. The van der Waals surface area contributed by atoms with Gasteiger partial charge in [-0.1, -0.05) is 12.1 Å². The van der Waals surface area contributed by atoms with Crippen LogP contribution in [0.15, 0.2) is 59.3 Å². The molecule has 3 N–H and O–H groups in total. The third kappa shape index (κ3) is 4.43. The van der Waals surface area contributed by atoms with E-state index in [2.05, 4.69) is 28.1 Å². The number of primary amides is 1. The Morgan fingerprint density at radius 1 is 1.21 bits per heavy atom. The standard InChI is InChI=1S/C21H21N3O3S/c1-13-8-14(2)10-16(9-13)24-7-3-4-17(19(22)25)20(24)28-12-15-5-6-23-18(11-15)21(26)27/h3-6,8-11H,7,12H2,1-2H3,(H2,22,25)(H,26,27). The number of nitrogens with zero attached hydrogens (tertiary/aromatic N) is 2. The zero-order valence-electron chi connectivity index (χ0n) is 15.7. The lowest BCUT2D eigenvalue weighted by molar-refractivity contribution is -0.114. The number of carboxylic acid groups (broad SMARTS) is 1. The lowest BCUT2D eigenvalue weighted by Crippen LogP contribution is -2.29. The molecule has 3 rings (SSSR count). The largest absolute Gasteiger partial charge is 0.477 e. The summed E-state index contributed by atoms with van der Waals surface area (Å²) in [7, 11) is 0. The van der Waals surface area contributed by atoms with E-state index in [0.717, 1.165) is 27.4 Å². The van der Waals surface area contributed by atoms with Gasteiger partial charge in [0.2, 0.25) is 0 Å². The van der Waals surface area contributed by atoms with E-state index >= 15 is 0 Å². The number of carbonyl (C=O) groups excluding carboxylic acids is 1. The van der Waals surface area contributed by atoms with Crippen LogP contribution in [0.3, 0.4) is 0 Å². The first kappa shape index (κ1) is 19.7. The van der Waals surface area contributed by atoms with Crippen LogP contribution in [0.2, 0.25) is 0 Å². The summed E-state index contributed by atoms with van der Waals surface area (Å²) in [6.07, 6.45) is 5.14. The van der Waals surface area contributed by atoms with E-state index in [1.165, 1.54) is 18.0 Å². The number of aromatic carboxylic acids is 1. The summed E-state index contributed by atoms with van der Waals surface area (Å²) < 4.78 is 0. The van der Waals surface area contributed by atoms with Gasteiger partial charge in [0, 0.05) is 24.2 Å². The maximum atomic E-state index is 12.0. The molecule has 1 aliphatic heterocycles. The Kier molecular flexibility index (Phi) is 5.84. The molecule has 28 heavy (non-hydrogen) atoms. The van der Waals surface area contributed by atoms with Crippen LogP contribution in [0.25, 0.3) is 0 Å². The summed E-state index contributed by atoms with van der Waals surface area (Å²) in [5, 5.41) is 9.88. The summed E-state index contributed by atoms with van der Waals surface area (Å²) in [6.45, 7) is 4.69. The van der Waals surface area contributed by atoms with E-state index in [-0.39, 0.29) is 5.69 Å². The molecule has 0 bridgehead atoms. The van der Waals surface area contributed by atoms with Gasteiger partial charge in [-0.2, -0.15) is 0 Å². The van der Waals surface area contributed by atoms with Gasteiger partial charge in [0.05, 0.1) is 10.6 Å². The van der Waals surface area contributed by atoms with E-state index in [1.54, 1.807) is 18.2 Å². The number of amides is 1. The Morgan fingerprint density at radius 2 is 1.93 bits per heavy atom. The zero-order valence-corrected chi connectivity index (χ0v) is 16.5. The van der Waals surface area contributed by atoms with Crippen LogP contribution in [-0.2, 0) is 10.5 Å². The van der Waals surface area contributed by atoms with Crippen molar-refractivity contribution in [1.29, 1.82) is 0 Å². The summed E-state index contributed by atoms with van der Waals surface area (Å²) in [4.78, 5) is 29.1. The Labute approximate surface area is 167 Å². The Balaban J connectivity index is 1.94. The van der Waals surface area contributed by atoms with E-state index in [4.69, 9.17) is 10.8 Å². The molecule has 1 aromatic heterocycles. The Hall–Kier alpha value is -3.06. The SMILES string of the molecule is Cc1cc(C)cc(N2CC=CC(C(N)=O)=C2SCc2ccnc(C(=O)O)c2)c1. The van der Waals surface area contributed by atoms with Crippen LogP contribution in [0, 0.1) is 13.8 Å². The highest BCUT2D eigenvalue weighted by Gasteiger charge is 2.22. The zero-order chi connectivity index (χ0) is 20.3. The molecule has 0 unspecified atom stereocenters. The van der Waals surface area contributed by atoms with E-state index < -0.39 is 11.9 Å². The summed E-state index contributed by atoms with van der Waals surface area (Å²) in [6, 6.07) is 9.54. The number of pyridine rings is 1. The van der Waals surface area contributed by atoms with Crippen molar-refractivity contribution in [3.05, 3.63) is 81.7 Å². The van der Waals surface area contributed by atoms with Crippen molar-refractivity contribution >= 4 is 29.3 Å². The average Bonchev–Trinajstić information content (AvgIpc) is 2.65. The lowest BCUT2D eigenvalue weighted by atomic mass is 10.1. The van der Waals surface area contributed by atoms with Crippen molar-refractivity contribution < 1.29 is 14.7 Å². The van der Waals surface area contributed by atoms with Gasteiger partial charge in [-0.25, -0.2) is 9.78 Å². The van der Waals surface area contributed by atoms with Gasteiger partial charge in [0.25, 0.3) is 5.91 Å². The van der Waals surface area contributed by atoms with Crippen LogP contribution in [0.4, 0.5) is 5.69 Å². The molecule has 0 spiro atoms. The maximum Gasteiger partial charge on any atom is 0.354 e. The normalized spacial score (nSPS) is 13.7. The van der Waals surface area contributed by atoms with E-state index in [9.17, 15) is 9.59 Å². The summed E-state index contributed by atoms with van der Waals surface area (Å²) in [5.74, 6) is -1.07. The highest BCUT2D eigenvalue weighted by atomic mass is 32.2. The summed E-state index contributed by atoms with van der Waals surface area (Å²) in [5.41, 5.74) is 10.1. The van der Waals surface area contributed by atoms with Crippen LogP contribution in [0.1, 0.15) is 27.2 Å². The van der Waals surface area contributed by atoms with Crippen molar-refractivity contribution in [2.75, 3.05) is 11.4 Å². The van der Waals surface area contributed by atoms with Crippen LogP contribution < -0.4 is 10.6 Å². The number of carbonyl (C=O) groups is 2. The predicted octanol–water partition coefficient (Wildman–Crippen LogP) is 3.40. The van der Waals surface area contributed by atoms with Crippen LogP contribution >= 0.6 is 11.8 Å². The molecule has 7 heteroatoms. The second-order valence-corrected chi connectivity index (χ2v) is 7.55. The highest BCUT2D eigenvalue weighted by molar-refractivity contribution is 8.02. The van der Waals surface area contributed by atoms with Crippen LogP contribution in [0.5, 0.6) is 0 Å². The molecule has 0 aliphatic carbocycles. The minimum atomic E-state index is -1.07. The molecule has 0 saturated carbocycles. The monoisotopic (exact) mass is 395 g/mol. The van der Waals surface area contributed by atoms with Gasteiger partial charge in [-0.05, 0) is 60.9 Å². The van der Waals surface area contributed by atoms with Gasteiger partial charge in [-0.15, -0.1) is 11.8 Å². The highest BCUT2D eigenvalue weighted by Crippen LogP contribution is 2.35.